The zero-order valence-electron chi connectivity index (χ0n) is 6.82. The third kappa shape index (κ3) is 6.20. The minimum absolute atomic E-state index is 0.0826. The Kier molecular flexibility index (Phi) is 4.09. The van der Waals surface area contributed by atoms with Gasteiger partial charge >= 0.3 is 73.3 Å². The maximum atomic E-state index is 4.93. The van der Waals surface area contributed by atoms with Crippen molar-refractivity contribution in [2.75, 3.05) is 7.11 Å². The van der Waals surface area contributed by atoms with Crippen molar-refractivity contribution in [3.8, 4) is 11.8 Å². The maximum absolute atomic E-state index is 4.93. The summed E-state index contributed by atoms with van der Waals surface area (Å²) in [5.41, 5.74) is 0.0826. The third-order valence-electron chi connectivity index (χ3n) is 0.725. The SMILES string of the molecule is CO[C](=[W])C#CC(C)(C)C. The Balaban J connectivity index is 4.05. The topological polar surface area (TPSA) is 9.23 Å². The van der Waals surface area contributed by atoms with E-state index in [0.717, 1.165) is 4.08 Å². The van der Waals surface area contributed by atoms with Crippen LogP contribution < -0.4 is 0 Å². The van der Waals surface area contributed by atoms with Gasteiger partial charge in [-0.2, -0.15) is 0 Å². The van der Waals surface area contributed by atoms with E-state index in [-0.39, 0.29) is 5.41 Å². The van der Waals surface area contributed by atoms with Crippen LogP contribution >= 0.6 is 0 Å². The van der Waals surface area contributed by atoms with E-state index in [1.165, 1.54) is 19.4 Å². The second-order valence-electron chi connectivity index (χ2n) is 2.99. The van der Waals surface area contributed by atoms with Crippen molar-refractivity contribution in [1.29, 1.82) is 0 Å². The van der Waals surface area contributed by atoms with E-state index in [0.29, 0.717) is 0 Å². The number of methoxy groups -OCH3 is 1. The molecular weight excluding hydrogens is 296 g/mol. The molecule has 0 aliphatic rings. The summed E-state index contributed by atoms with van der Waals surface area (Å²) in [4.78, 5) is 0. The van der Waals surface area contributed by atoms with Crippen LogP contribution in [-0.2, 0) is 24.1 Å². The van der Waals surface area contributed by atoms with Crippen LogP contribution in [0.1, 0.15) is 20.8 Å². The van der Waals surface area contributed by atoms with Gasteiger partial charge < -0.3 is 0 Å². The van der Waals surface area contributed by atoms with Crippen LogP contribution in [0.5, 0.6) is 0 Å². The minimum atomic E-state index is 0.0826. The predicted octanol–water partition coefficient (Wildman–Crippen LogP) is 1.36. The zero-order chi connectivity index (χ0) is 8.20. The molecule has 0 fully saturated rings. The molecule has 0 heterocycles. The first-order chi connectivity index (χ1) is 4.45. The average Bonchev–Trinajstić information content (AvgIpc) is 1.81. The van der Waals surface area contributed by atoms with Gasteiger partial charge in [-0.25, -0.2) is 0 Å². The van der Waals surface area contributed by atoms with Gasteiger partial charge in [0.1, 0.15) is 0 Å². The first-order valence-electron chi connectivity index (χ1n) is 3.07. The molecule has 2 heteroatoms. The Morgan fingerprint density at radius 3 is 2.20 bits per heavy atom. The summed E-state index contributed by atoms with van der Waals surface area (Å²) < 4.78 is 5.78. The molecule has 56 valence electrons. The summed E-state index contributed by atoms with van der Waals surface area (Å²) in [7, 11) is 1.65. The first-order valence-corrected chi connectivity index (χ1v) is 4.53. The van der Waals surface area contributed by atoms with Crippen LogP contribution in [-0.4, -0.2) is 11.2 Å². The molecule has 0 saturated carbocycles. The molecule has 0 bridgehead atoms. The normalized spacial score (nSPS) is 10.0. The zero-order valence-corrected chi connectivity index (χ0v) is 9.75. The summed E-state index contributed by atoms with van der Waals surface area (Å²) in [5.74, 6) is 6.04. The van der Waals surface area contributed by atoms with Gasteiger partial charge in [0, 0.05) is 0 Å². The fraction of sp³-hybridized carbons (Fsp3) is 0.625. The summed E-state index contributed by atoms with van der Waals surface area (Å²) in [6.45, 7) is 6.24. The molecule has 0 aliphatic heterocycles. The second-order valence-corrected chi connectivity index (χ2v) is 4.32. The van der Waals surface area contributed by atoms with Gasteiger partial charge in [-0.05, 0) is 0 Å². The standard InChI is InChI=1S/C8H12O.W/c1-8(2,3)6-5-7-9-4;/h1-4H3;. The number of rotatable bonds is 1. The Hall–Kier alpha value is 0.0783. The number of hydrogen-bond donors (Lipinski definition) is 0. The molecule has 0 unspecified atom stereocenters. The van der Waals surface area contributed by atoms with Gasteiger partial charge in [0.2, 0.25) is 0 Å². The molecule has 0 rings (SSSR count). The van der Waals surface area contributed by atoms with Gasteiger partial charge in [0.15, 0.2) is 0 Å². The Morgan fingerprint density at radius 2 is 1.90 bits per heavy atom. The van der Waals surface area contributed by atoms with Crippen LogP contribution in [0.15, 0.2) is 0 Å². The Morgan fingerprint density at radius 1 is 1.40 bits per heavy atom. The number of hydrogen-bond acceptors (Lipinski definition) is 1. The summed E-state index contributed by atoms with van der Waals surface area (Å²) in [6, 6.07) is 0. The fourth-order valence-corrected chi connectivity index (χ4v) is 0.473. The van der Waals surface area contributed by atoms with Crippen LogP contribution in [0.4, 0.5) is 0 Å². The van der Waals surface area contributed by atoms with E-state index in [1.807, 2.05) is 0 Å². The van der Waals surface area contributed by atoms with Crippen LogP contribution in [0, 0.1) is 17.3 Å². The van der Waals surface area contributed by atoms with Crippen LogP contribution in [0.25, 0.3) is 0 Å². The van der Waals surface area contributed by atoms with Crippen molar-refractivity contribution < 1.29 is 24.1 Å². The van der Waals surface area contributed by atoms with Crippen molar-refractivity contribution in [1.82, 2.24) is 0 Å². The molecule has 1 nitrogen and oxygen atoms in total. The van der Waals surface area contributed by atoms with E-state index in [4.69, 9.17) is 4.74 Å². The Bertz CT molecular complexity index is 178. The van der Waals surface area contributed by atoms with Crippen molar-refractivity contribution in [2.24, 2.45) is 5.41 Å². The molecule has 0 spiro atoms. The van der Waals surface area contributed by atoms with E-state index in [2.05, 4.69) is 32.6 Å². The molecule has 0 amide bonds. The molecule has 10 heavy (non-hydrogen) atoms. The fourth-order valence-electron chi connectivity index (χ4n) is 0.290. The third-order valence-corrected chi connectivity index (χ3v) is 1.69. The molecule has 0 radical (unpaired) electrons. The van der Waals surface area contributed by atoms with E-state index < -0.39 is 0 Å². The van der Waals surface area contributed by atoms with Crippen molar-refractivity contribution in [3.05, 3.63) is 0 Å². The summed E-state index contributed by atoms with van der Waals surface area (Å²) >= 11 is 1.29. The second kappa shape index (κ2) is 4.06. The van der Waals surface area contributed by atoms with Gasteiger partial charge in [-0.15, -0.1) is 0 Å². The van der Waals surface area contributed by atoms with E-state index in [9.17, 15) is 0 Å². The molecule has 0 saturated heterocycles. The van der Waals surface area contributed by atoms with Crippen LogP contribution in [0.2, 0.25) is 0 Å². The van der Waals surface area contributed by atoms with Crippen LogP contribution in [0.3, 0.4) is 0 Å². The van der Waals surface area contributed by atoms with Gasteiger partial charge in [-0.1, -0.05) is 0 Å². The van der Waals surface area contributed by atoms with Crippen molar-refractivity contribution in [2.45, 2.75) is 20.8 Å². The van der Waals surface area contributed by atoms with Gasteiger partial charge in [-0.3, -0.25) is 0 Å². The van der Waals surface area contributed by atoms with Gasteiger partial charge in [0.25, 0.3) is 0 Å². The number of ether oxygens (including phenoxy) is 1. The molecule has 0 aliphatic carbocycles. The van der Waals surface area contributed by atoms with Crippen molar-refractivity contribution in [3.63, 3.8) is 0 Å². The molecule has 0 aromatic rings. The van der Waals surface area contributed by atoms with E-state index in [1.54, 1.807) is 7.11 Å². The quantitative estimate of drug-likeness (QED) is 0.665. The Labute approximate surface area is 73.6 Å². The summed E-state index contributed by atoms with van der Waals surface area (Å²) in [5, 5.41) is 0. The molecule has 0 N–H and O–H groups in total. The predicted molar refractivity (Wildman–Crippen MR) is 39.2 cm³/mol. The molecular formula is C8H12OW. The molecule has 0 aromatic heterocycles. The van der Waals surface area contributed by atoms with Crippen molar-refractivity contribution >= 4 is 4.08 Å². The molecule has 0 atom stereocenters. The molecule has 0 aromatic carbocycles. The van der Waals surface area contributed by atoms with E-state index >= 15 is 0 Å². The van der Waals surface area contributed by atoms with Gasteiger partial charge in [0.05, 0.1) is 0 Å². The first kappa shape index (κ1) is 10.1. The summed E-state index contributed by atoms with van der Waals surface area (Å²) in [6.07, 6.45) is 0. The monoisotopic (exact) mass is 308 g/mol. The average molecular weight is 308 g/mol.